The fraction of sp³-hybridized carbons (Fsp3) is 0.917. The lowest BCUT2D eigenvalue weighted by molar-refractivity contribution is 0.130. The van der Waals surface area contributed by atoms with Crippen molar-refractivity contribution in [2.45, 2.75) is 25.7 Å². The fourth-order valence-corrected chi connectivity index (χ4v) is 3.34. The Balaban J connectivity index is 1.98. The Morgan fingerprint density at radius 1 is 1.38 bits per heavy atom. The molecule has 0 spiro atoms. The topological polar surface area (TPSA) is 55.6 Å². The molecular formula is C12H22N2O2. The molecule has 0 aromatic carbocycles. The van der Waals surface area contributed by atoms with Gasteiger partial charge in [0.2, 0.25) is 0 Å². The molecule has 4 nitrogen and oxygen atoms in total. The van der Waals surface area contributed by atoms with Crippen LogP contribution in [0.3, 0.4) is 0 Å². The Morgan fingerprint density at radius 3 is 2.62 bits per heavy atom. The Morgan fingerprint density at radius 2 is 2.06 bits per heavy atom. The minimum absolute atomic E-state index is 0.195. The molecule has 0 radical (unpaired) electrons. The lowest BCUT2D eigenvalue weighted by Crippen LogP contribution is -2.29. The summed E-state index contributed by atoms with van der Waals surface area (Å²) in [4.78, 5) is 13.3. The highest BCUT2D eigenvalue weighted by atomic mass is 16.5. The monoisotopic (exact) mass is 226 g/mol. The molecule has 2 aliphatic rings. The van der Waals surface area contributed by atoms with Crippen molar-refractivity contribution < 1.29 is 9.53 Å². The molecule has 1 amide bonds. The maximum absolute atomic E-state index is 11.5. The van der Waals surface area contributed by atoms with Crippen LogP contribution < -0.4 is 5.73 Å². The molecule has 0 bridgehead atoms. The van der Waals surface area contributed by atoms with E-state index in [1.54, 1.807) is 0 Å². The molecule has 2 fully saturated rings. The van der Waals surface area contributed by atoms with Crippen LogP contribution in [-0.4, -0.2) is 37.7 Å². The molecule has 1 heterocycles. The molecule has 92 valence electrons. The van der Waals surface area contributed by atoms with Crippen LogP contribution in [0.4, 0.5) is 4.79 Å². The van der Waals surface area contributed by atoms with Gasteiger partial charge in [-0.3, -0.25) is 0 Å². The number of methoxy groups -OCH3 is 1. The second-order valence-corrected chi connectivity index (χ2v) is 5.08. The van der Waals surface area contributed by atoms with Crippen molar-refractivity contribution in [3.63, 3.8) is 0 Å². The standard InChI is InChI=1S/C12H22N2O2/c1-16-12(15)14-7-10(6-13)11(8-14)9-4-2-3-5-9/h9-11H,2-8,13H2,1H3. The predicted molar refractivity (Wildman–Crippen MR) is 62.0 cm³/mol. The summed E-state index contributed by atoms with van der Waals surface area (Å²) in [5.41, 5.74) is 5.82. The van der Waals surface area contributed by atoms with E-state index in [0.717, 1.165) is 19.0 Å². The van der Waals surface area contributed by atoms with Crippen molar-refractivity contribution in [3.05, 3.63) is 0 Å². The number of nitrogens with two attached hydrogens (primary N) is 1. The van der Waals surface area contributed by atoms with Gasteiger partial charge in [-0.25, -0.2) is 4.79 Å². The number of carbonyl (C=O) groups is 1. The molecule has 16 heavy (non-hydrogen) atoms. The van der Waals surface area contributed by atoms with Crippen LogP contribution in [0.2, 0.25) is 0 Å². The SMILES string of the molecule is COC(=O)N1CC(CN)C(C2CCCC2)C1. The van der Waals surface area contributed by atoms with E-state index in [9.17, 15) is 4.79 Å². The third-order valence-corrected chi connectivity index (χ3v) is 4.23. The van der Waals surface area contributed by atoms with Crippen LogP contribution >= 0.6 is 0 Å². The Bertz CT molecular complexity index is 251. The van der Waals surface area contributed by atoms with Gasteiger partial charge in [0, 0.05) is 13.1 Å². The molecule has 2 unspecified atom stereocenters. The molecule has 1 aliphatic heterocycles. The van der Waals surface area contributed by atoms with Gasteiger partial charge >= 0.3 is 6.09 Å². The maximum Gasteiger partial charge on any atom is 0.409 e. The molecule has 1 saturated carbocycles. The van der Waals surface area contributed by atoms with Gasteiger partial charge in [0.1, 0.15) is 0 Å². The van der Waals surface area contributed by atoms with Crippen molar-refractivity contribution in [1.29, 1.82) is 0 Å². The average molecular weight is 226 g/mol. The number of ether oxygens (including phenoxy) is 1. The van der Waals surface area contributed by atoms with Gasteiger partial charge in [0.15, 0.2) is 0 Å². The van der Waals surface area contributed by atoms with Crippen LogP contribution in [0, 0.1) is 17.8 Å². The van der Waals surface area contributed by atoms with Gasteiger partial charge < -0.3 is 15.4 Å². The highest BCUT2D eigenvalue weighted by Gasteiger charge is 2.39. The molecule has 0 aromatic heterocycles. The molecule has 2 N–H and O–H groups in total. The quantitative estimate of drug-likeness (QED) is 0.775. The third kappa shape index (κ3) is 2.17. The van der Waals surface area contributed by atoms with Crippen molar-refractivity contribution in [1.82, 2.24) is 4.90 Å². The van der Waals surface area contributed by atoms with Gasteiger partial charge in [0.05, 0.1) is 7.11 Å². The molecule has 1 aliphatic carbocycles. The average Bonchev–Trinajstić information content (AvgIpc) is 2.95. The predicted octanol–water partition coefficient (Wildman–Crippen LogP) is 1.45. The van der Waals surface area contributed by atoms with Crippen LogP contribution in [0.25, 0.3) is 0 Å². The Labute approximate surface area is 97.1 Å². The van der Waals surface area contributed by atoms with Crippen LogP contribution in [0.15, 0.2) is 0 Å². The molecule has 1 saturated heterocycles. The molecule has 2 atom stereocenters. The summed E-state index contributed by atoms with van der Waals surface area (Å²) in [6.07, 6.45) is 5.12. The van der Waals surface area contributed by atoms with Crippen molar-refractivity contribution >= 4 is 6.09 Å². The van der Waals surface area contributed by atoms with E-state index in [1.807, 2.05) is 4.90 Å². The summed E-state index contributed by atoms with van der Waals surface area (Å²) in [5, 5.41) is 0. The molecule has 0 aromatic rings. The summed E-state index contributed by atoms with van der Waals surface area (Å²) < 4.78 is 4.78. The number of rotatable bonds is 2. The van der Waals surface area contributed by atoms with Crippen molar-refractivity contribution in [2.24, 2.45) is 23.5 Å². The second-order valence-electron chi connectivity index (χ2n) is 5.08. The first-order chi connectivity index (χ1) is 7.76. The van der Waals surface area contributed by atoms with Crippen LogP contribution in [-0.2, 0) is 4.74 Å². The van der Waals surface area contributed by atoms with Crippen molar-refractivity contribution in [3.8, 4) is 0 Å². The first-order valence-electron chi connectivity index (χ1n) is 6.29. The zero-order valence-electron chi connectivity index (χ0n) is 10.0. The van der Waals surface area contributed by atoms with Crippen LogP contribution in [0.1, 0.15) is 25.7 Å². The number of hydrogen-bond acceptors (Lipinski definition) is 3. The first-order valence-corrected chi connectivity index (χ1v) is 6.29. The summed E-state index contributed by atoms with van der Waals surface area (Å²) in [7, 11) is 1.45. The Kier molecular flexibility index (Phi) is 3.69. The van der Waals surface area contributed by atoms with Gasteiger partial charge in [0.25, 0.3) is 0 Å². The number of nitrogens with zero attached hydrogens (tertiary/aromatic N) is 1. The number of hydrogen-bond donors (Lipinski definition) is 1. The van der Waals surface area contributed by atoms with Crippen LogP contribution in [0.5, 0.6) is 0 Å². The summed E-state index contributed by atoms with van der Waals surface area (Å²) in [6.45, 7) is 2.32. The van der Waals surface area contributed by atoms with E-state index in [1.165, 1.54) is 32.8 Å². The van der Waals surface area contributed by atoms with Gasteiger partial charge in [-0.1, -0.05) is 25.7 Å². The maximum atomic E-state index is 11.5. The largest absolute Gasteiger partial charge is 0.453 e. The number of likely N-dealkylation sites (tertiary alicyclic amines) is 1. The van der Waals surface area contributed by atoms with Gasteiger partial charge in [-0.2, -0.15) is 0 Å². The number of carbonyl (C=O) groups excluding carboxylic acids is 1. The van der Waals surface area contributed by atoms with E-state index in [0.29, 0.717) is 18.4 Å². The first kappa shape index (κ1) is 11.7. The molecular weight excluding hydrogens is 204 g/mol. The van der Waals surface area contributed by atoms with E-state index >= 15 is 0 Å². The van der Waals surface area contributed by atoms with E-state index < -0.39 is 0 Å². The fourth-order valence-electron chi connectivity index (χ4n) is 3.34. The third-order valence-electron chi connectivity index (χ3n) is 4.23. The van der Waals surface area contributed by atoms with Gasteiger partial charge in [-0.15, -0.1) is 0 Å². The smallest absolute Gasteiger partial charge is 0.409 e. The normalized spacial score (nSPS) is 31.0. The summed E-state index contributed by atoms with van der Waals surface area (Å²) >= 11 is 0. The zero-order chi connectivity index (χ0) is 11.5. The minimum atomic E-state index is -0.195. The summed E-state index contributed by atoms with van der Waals surface area (Å²) in [6, 6.07) is 0. The highest BCUT2D eigenvalue weighted by Crippen LogP contribution is 2.38. The second kappa shape index (κ2) is 5.04. The molecule has 2 rings (SSSR count). The minimum Gasteiger partial charge on any atom is -0.453 e. The zero-order valence-corrected chi connectivity index (χ0v) is 10.0. The van der Waals surface area contributed by atoms with Crippen molar-refractivity contribution in [2.75, 3.05) is 26.7 Å². The number of amides is 1. The van der Waals surface area contributed by atoms with E-state index in [2.05, 4.69) is 0 Å². The lowest BCUT2D eigenvalue weighted by Gasteiger charge is -2.22. The van der Waals surface area contributed by atoms with Gasteiger partial charge in [-0.05, 0) is 24.3 Å². The highest BCUT2D eigenvalue weighted by molar-refractivity contribution is 5.67. The Hall–Kier alpha value is -0.770. The molecule has 4 heteroatoms. The van der Waals surface area contributed by atoms with E-state index in [4.69, 9.17) is 10.5 Å². The summed E-state index contributed by atoms with van der Waals surface area (Å²) in [5.74, 6) is 1.86. The van der Waals surface area contributed by atoms with E-state index in [-0.39, 0.29) is 6.09 Å². The lowest BCUT2D eigenvalue weighted by atomic mass is 9.83.